The van der Waals surface area contributed by atoms with Gasteiger partial charge in [0.25, 0.3) is 0 Å². The first-order valence-corrected chi connectivity index (χ1v) is 9.53. The largest absolute Gasteiger partial charge is 0.293 e. The van der Waals surface area contributed by atoms with Gasteiger partial charge in [0.1, 0.15) is 0 Å². The number of benzene rings is 2. The molecule has 0 N–H and O–H groups in total. The quantitative estimate of drug-likeness (QED) is 0.512. The van der Waals surface area contributed by atoms with Gasteiger partial charge < -0.3 is 0 Å². The molecule has 0 spiro atoms. The van der Waals surface area contributed by atoms with Crippen molar-refractivity contribution in [3.63, 3.8) is 0 Å². The monoisotopic (exact) mass is 388 g/mol. The fourth-order valence-corrected chi connectivity index (χ4v) is 2.89. The Kier molecular flexibility index (Phi) is 7.32. The summed E-state index contributed by atoms with van der Waals surface area (Å²) >= 11 is 0. The fraction of sp³-hybridized carbons (Fsp3) is 0.200. The molecule has 0 saturated heterocycles. The van der Waals surface area contributed by atoms with Crippen molar-refractivity contribution in [1.82, 2.24) is 20.0 Å². The van der Waals surface area contributed by atoms with Gasteiger partial charge in [0, 0.05) is 46.0 Å². The number of hydrogen-bond donors (Lipinski definition) is 0. The zero-order chi connectivity index (χ0) is 21.6. The topological polar surface area (TPSA) is 13.0 Å². The third kappa shape index (κ3) is 5.32. The van der Waals surface area contributed by atoms with Crippen LogP contribution in [0.4, 0.5) is 0 Å². The highest BCUT2D eigenvalue weighted by atomic mass is 15.6. The van der Waals surface area contributed by atoms with Crippen LogP contribution in [-0.2, 0) is 0 Å². The predicted octanol–water partition coefficient (Wildman–Crippen LogP) is 5.30. The first-order chi connectivity index (χ1) is 13.7. The van der Waals surface area contributed by atoms with E-state index in [-0.39, 0.29) is 0 Å². The minimum Gasteiger partial charge on any atom is -0.293 e. The van der Waals surface area contributed by atoms with Crippen molar-refractivity contribution in [1.29, 1.82) is 0 Å². The second-order valence-electron chi connectivity index (χ2n) is 7.03. The van der Waals surface area contributed by atoms with Gasteiger partial charge in [-0.1, -0.05) is 87.0 Å². The standard InChI is InChI=1S/C25H32N4/c1-20(26(5)28(7)22(3)24-15-11-9-12-16-24)19-21(2)27(6)29(8)23(4)25-17-13-10-14-18-25/h9-18H,1-4,19H2,5-8H3. The second-order valence-corrected chi connectivity index (χ2v) is 7.03. The van der Waals surface area contributed by atoms with E-state index in [1.807, 2.05) is 109 Å². The Morgan fingerprint density at radius 2 is 0.862 bits per heavy atom. The summed E-state index contributed by atoms with van der Waals surface area (Å²) in [4.78, 5) is 0. The zero-order valence-electron chi connectivity index (χ0n) is 18.1. The lowest BCUT2D eigenvalue weighted by Crippen LogP contribution is -2.37. The summed E-state index contributed by atoms with van der Waals surface area (Å²) in [6, 6.07) is 20.2. The Morgan fingerprint density at radius 3 is 1.17 bits per heavy atom. The van der Waals surface area contributed by atoms with E-state index >= 15 is 0 Å². The molecule has 0 amide bonds. The van der Waals surface area contributed by atoms with E-state index in [9.17, 15) is 0 Å². The third-order valence-electron chi connectivity index (χ3n) is 5.22. The van der Waals surface area contributed by atoms with Crippen molar-refractivity contribution in [2.75, 3.05) is 28.2 Å². The van der Waals surface area contributed by atoms with Crippen molar-refractivity contribution >= 4 is 11.4 Å². The van der Waals surface area contributed by atoms with Crippen LogP contribution >= 0.6 is 0 Å². The maximum atomic E-state index is 4.25. The van der Waals surface area contributed by atoms with Crippen LogP contribution in [0.2, 0.25) is 0 Å². The van der Waals surface area contributed by atoms with Crippen molar-refractivity contribution in [3.8, 4) is 0 Å². The summed E-state index contributed by atoms with van der Waals surface area (Å²) in [5.74, 6) is 0. The molecule has 0 radical (unpaired) electrons. The maximum Gasteiger partial charge on any atom is 0.0571 e. The maximum absolute atomic E-state index is 4.25. The Bertz CT molecular complexity index is 797. The Morgan fingerprint density at radius 1 is 0.552 bits per heavy atom. The predicted molar refractivity (Wildman–Crippen MR) is 125 cm³/mol. The number of hydrazine groups is 2. The van der Waals surface area contributed by atoms with Gasteiger partial charge in [-0.05, 0) is 11.1 Å². The van der Waals surface area contributed by atoms with Crippen LogP contribution in [0.3, 0.4) is 0 Å². The molecule has 4 heteroatoms. The molecule has 0 aliphatic rings. The van der Waals surface area contributed by atoms with E-state index in [0.717, 1.165) is 33.9 Å². The van der Waals surface area contributed by atoms with Crippen LogP contribution in [-0.4, -0.2) is 48.2 Å². The molecule has 4 nitrogen and oxygen atoms in total. The summed E-state index contributed by atoms with van der Waals surface area (Å²) in [6.45, 7) is 16.9. The molecule has 0 bridgehead atoms. The van der Waals surface area contributed by atoms with Gasteiger partial charge >= 0.3 is 0 Å². The number of nitrogens with zero attached hydrogens (tertiary/aromatic N) is 4. The van der Waals surface area contributed by atoms with Crippen molar-refractivity contribution < 1.29 is 0 Å². The normalized spacial score (nSPS) is 10.1. The van der Waals surface area contributed by atoms with Crippen molar-refractivity contribution in [2.24, 2.45) is 0 Å². The molecule has 0 heterocycles. The first kappa shape index (κ1) is 21.9. The molecule has 2 aromatic rings. The smallest absolute Gasteiger partial charge is 0.0571 e. The first-order valence-electron chi connectivity index (χ1n) is 9.53. The molecular weight excluding hydrogens is 356 g/mol. The van der Waals surface area contributed by atoms with Gasteiger partial charge in [0.2, 0.25) is 0 Å². The SMILES string of the molecule is C=C(CC(=C)N(C)N(C)C(=C)c1ccccc1)N(C)N(C)C(=C)c1ccccc1. The van der Waals surface area contributed by atoms with E-state index in [4.69, 9.17) is 0 Å². The lowest BCUT2D eigenvalue weighted by molar-refractivity contribution is 0.116. The van der Waals surface area contributed by atoms with E-state index in [1.165, 1.54) is 0 Å². The van der Waals surface area contributed by atoms with Crippen LogP contribution in [0, 0.1) is 0 Å². The van der Waals surface area contributed by atoms with Crippen LogP contribution < -0.4 is 0 Å². The second kappa shape index (κ2) is 9.69. The summed E-state index contributed by atoms with van der Waals surface area (Å²) < 4.78 is 0. The molecule has 0 atom stereocenters. The van der Waals surface area contributed by atoms with E-state index < -0.39 is 0 Å². The lowest BCUT2D eigenvalue weighted by atomic mass is 10.1. The van der Waals surface area contributed by atoms with Gasteiger partial charge in [0.05, 0.1) is 11.4 Å². The molecule has 0 fully saturated rings. The lowest BCUT2D eigenvalue weighted by Gasteiger charge is -2.38. The molecule has 2 rings (SSSR count). The van der Waals surface area contributed by atoms with Crippen LogP contribution in [0.5, 0.6) is 0 Å². The summed E-state index contributed by atoms with van der Waals surface area (Å²) in [5.41, 5.74) is 5.79. The fourth-order valence-electron chi connectivity index (χ4n) is 2.89. The average Bonchev–Trinajstić information content (AvgIpc) is 2.76. The van der Waals surface area contributed by atoms with Gasteiger partial charge in [-0.15, -0.1) is 0 Å². The molecule has 29 heavy (non-hydrogen) atoms. The van der Waals surface area contributed by atoms with Crippen LogP contribution in [0.1, 0.15) is 17.5 Å². The highest BCUT2D eigenvalue weighted by Crippen LogP contribution is 2.24. The van der Waals surface area contributed by atoms with Gasteiger partial charge in [-0.3, -0.25) is 20.0 Å². The van der Waals surface area contributed by atoms with Crippen molar-refractivity contribution in [2.45, 2.75) is 6.42 Å². The van der Waals surface area contributed by atoms with Crippen LogP contribution in [0.15, 0.2) is 98.4 Å². The third-order valence-corrected chi connectivity index (χ3v) is 5.22. The van der Waals surface area contributed by atoms with E-state index in [2.05, 4.69) is 26.3 Å². The molecule has 0 aromatic heterocycles. The summed E-state index contributed by atoms with van der Waals surface area (Å²) in [7, 11) is 7.93. The Hall–Kier alpha value is -3.40. The van der Waals surface area contributed by atoms with E-state index in [1.54, 1.807) is 0 Å². The van der Waals surface area contributed by atoms with Gasteiger partial charge in [-0.25, -0.2) is 0 Å². The summed E-state index contributed by atoms with van der Waals surface area (Å²) in [6.07, 6.45) is 0.617. The Balaban J connectivity index is 1.98. The minimum absolute atomic E-state index is 0.617. The highest BCUT2D eigenvalue weighted by Gasteiger charge is 2.16. The summed E-state index contributed by atoms with van der Waals surface area (Å²) in [5, 5.41) is 8.00. The van der Waals surface area contributed by atoms with Gasteiger partial charge in [-0.2, -0.15) is 0 Å². The van der Waals surface area contributed by atoms with Gasteiger partial charge in [0.15, 0.2) is 0 Å². The molecule has 0 saturated carbocycles. The number of hydrogen-bond acceptors (Lipinski definition) is 4. The highest BCUT2D eigenvalue weighted by molar-refractivity contribution is 5.61. The van der Waals surface area contributed by atoms with E-state index in [0.29, 0.717) is 6.42 Å². The molecule has 0 aliphatic heterocycles. The molecule has 152 valence electrons. The Labute approximate surface area is 175 Å². The average molecular weight is 389 g/mol. The molecule has 2 aromatic carbocycles. The van der Waals surface area contributed by atoms with Crippen LogP contribution in [0.25, 0.3) is 11.4 Å². The minimum atomic E-state index is 0.617. The zero-order valence-corrected chi connectivity index (χ0v) is 18.1. The number of rotatable bonds is 10. The molecule has 0 aliphatic carbocycles. The molecule has 0 unspecified atom stereocenters. The van der Waals surface area contributed by atoms with Crippen molar-refractivity contribution in [3.05, 3.63) is 110 Å². The molecular formula is C25H32N4.